The highest BCUT2D eigenvalue weighted by molar-refractivity contribution is 9.10. The second kappa shape index (κ2) is 6.29. The van der Waals surface area contributed by atoms with Crippen molar-refractivity contribution in [2.75, 3.05) is 14.2 Å². The van der Waals surface area contributed by atoms with Gasteiger partial charge in [-0.1, -0.05) is 34.8 Å². The highest BCUT2D eigenvalue weighted by Gasteiger charge is 2.28. The Morgan fingerprint density at radius 2 is 1.83 bits per heavy atom. The third-order valence-electron chi connectivity index (χ3n) is 3.60. The smallest absolute Gasteiger partial charge is 0.140 e. The molecular formula is C14H18Br2O2. The molecule has 0 saturated heterocycles. The molecule has 2 atom stereocenters. The van der Waals surface area contributed by atoms with E-state index in [1.54, 1.807) is 14.2 Å². The van der Waals surface area contributed by atoms with E-state index in [1.807, 2.05) is 6.07 Å². The second-order valence-electron chi connectivity index (χ2n) is 4.61. The van der Waals surface area contributed by atoms with Crippen LogP contribution in [0.15, 0.2) is 16.6 Å². The number of benzene rings is 1. The molecular weight excluding hydrogens is 360 g/mol. The number of rotatable bonds is 3. The van der Waals surface area contributed by atoms with Crippen molar-refractivity contribution in [2.45, 2.75) is 36.4 Å². The zero-order valence-electron chi connectivity index (χ0n) is 10.7. The Morgan fingerprint density at radius 3 is 2.44 bits per heavy atom. The average Bonchev–Trinajstić information content (AvgIpc) is 2.39. The molecule has 1 aromatic rings. The van der Waals surface area contributed by atoms with Crippen LogP contribution in [0.25, 0.3) is 0 Å². The molecule has 100 valence electrons. The Bertz CT molecular complexity index is 421. The van der Waals surface area contributed by atoms with Crippen LogP contribution in [0.4, 0.5) is 0 Å². The van der Waals surface area contributed by atoms with E-state index in [0.717, 1.165) is 16.0 Å². The van der Waals surface area contributed by atoms with Crippen LogP contribution < -0.4 is 9.47 Å². The molecule has 0 N–H and O–H groups in total. The first-order valence-corrected chi connectivity index (χ1v) is 7.94. The molecule has 0 amide bonds. The summed E-state index contributed by atoms with van der Waals surface area (Å²) in [6, 6.07) is 4.14. The van der Waals surface area contributed by atoms with E-state index in [9.17, 15) is 0 Å². The molecule has 1 fully saturated rings. The topological polar surface area (TPSA) is 18.5 Å². The molecule has 1 aliphatic carbocycles. The van der Waals surface area contributed by atoms with Gasteiger partial charge in [0.1, 0.15) is 16.0 Å². The highest BCUT2D eigenvalue weighted by atomic mass is 79.9. The van der Waals surface area contributed by atoms with Gasteiger partial charge in [-0.15, -0.1) is 0 Å². The summed E-state index contributed by atoms with van der Waals surface area (Å²) in [5.41, 5.74) is 1.27. The summed E-state index contributed by atoms with van der Waals surface area (Å²) >= 11 is 7.39. The molecule has 0 aliphatic heterocycles. The van der Waals surface area contributed by atoms with Crippen LogP contribution >= 0.6 is 31.9 Å². The predicted molar refractivity (Wildman–Crippen MR) is 81.2 cm³/mol. The molecule has 1 saturated carbocycles. The second-order valence-corrected chi connectivity index (χ2v) is 6.58. The zero-order valence-corrected chi connectivity index (χ0v) is 13.9. The molecule has 0 aromatic heterocycles. The molecule has 0 bridgehead atoms. The van der Waals surface area contributed by atoms with Crippen LogP contribution in [0.1, 0.15) is 37.2 Å². The number of methoxy groups -OCH3 is 2. The predicted octanol–water partition coefficient (Wildman–Crippen LogP) is 4.89. The van der Waals surface area contributed by atoms with Crippen LogP contribution in [0.5, 0.6) is 11.5 Å². The minimum atomic E-state index is 0.524. The summed E-state index contributed by atoms with van der Waals surface area (Å²) < 4.78 is 11.8. The van der Waals surface area contributed by atoms with Gasteiger partial charge in [-0.05, 0) is 40.4 Å². The van der Waals surface area contributed by atoms with Crippen LogP contribution in [-0.4, -0.2) is 19.0 Å². The van der Waals surface area contributed by atoms with Crippen LogP contribution in [0.3, 0.4) is 0 Å². The average molecular weight is 378 g/mol. The molecule has 18 heavy (non-hydrogen) atoms. The molecule has 4 heteroatoms. The Balaban J connectivity index is 2.40. The van der Waals surface area contributed by atoms with Crippen LogP contribution in [-0.2, 0) is 0 Å². The SMILES string of the molecule is COc1ccc(C2CCCCC2Br)c(OC)c1Br. The lowest BCUT2D eigenvalue weighted by molar-refractivity contribution is 0.375. The third kappa shape index (κ3) is 2.69. The normalized spacial score (nSPS) is 23.8. The van der Waals surface area contributed by atoms with Crippen molar-refractivity contribution in [3.05, 3.63) is 22.2 Å². The number of hydrogen-bond donors (Lipinski definition) is 0. The minimum Gasteiger partial charge on any atom is -0.495 e. The standard InChI is InChI=1S/C14H18Br2O2/c1-17-12-8-7-10(14(18-2)13(12)16)9-5-3-4-6-11(9)15/h7-9,11H,3-6H2,1-2H3. The maximum atomic E-state index is 5.57. The summed E-state index contributed by atoms with van der Waals surface area (Å²) in [5.74, 6) is 2.25. The van der Waals surface area contributed by atoms with E-state index in [4.69, 9.17) is 9.47 Å². The third-order valence-corrected chi connectivity index (χ3v) is 5.44. The Morgan fingerprint density at radius 1 is 1.11 bits per heavy atom. The van der Waals surface area contributed by atoms with E-state index in [0.29, 0.717) is 10.7 Å². The molecule has 2 rings (SSSR count). The maximum absolute atomic E-state index is 5.57. The number of halogens is 2. The van der Waals surface area contributed by atoms with Crippen molar-refractivity contribution in [2.24, 2.45) is 0 Å². The molecule has 2 unspecified atom stereocenters. The first kappa shape index (κ1) is 14.2. The van der Waals surface area contributed by atoms with Crippen molar-refractivity contribution in [1.82, 2.24) is 0 Å². The van der Waals surface area contributed by atoms with Crippen molar-refractivity contribution >= 4 is 31.9 Å². The van der Waals surface area contributed by atoms with Gasteiger partial charge in [-0.2, -0.15) is 0 Å². The van der Waals surface area contributed by atoms with Gasteiger partial charge in [-0.3, -0.25) is 0 Å². The Hall–Kier alpha value is -0.220. The summed E-state index contributed by atoms with van der Waals surface area (Å²) in [7, 11) is 3.39. The van der Waals surface area contributed by atoms with E-state index >= 15 is 0 Å². The highest BCUT2D eigenvalue weighted by Crippen LogP contribution is 2.46. The van der Waals surface area contributed by atoms with E-state index in [1.165, 1.54) is 31.2 Å². The van der Waals surface area contributed by atoms with Crippen LogP contribution in [0, 0.1) is 0 Å². The van der Waals surface area contributed by atoms with Gasteiger partial charge in [0.25, 0.3) is 0 Å². The van der Waals surface area contributed by atoms with E-state index < -0.39 is 0 Å². The van der Waals surface area contributed by atoms with Crippen LogP contribution in [0.2, 0.25) is 0 Å². The summed E-state index contributed by atoms with van der Waals surface area (Å²) in [6.45, 7) is 0. The lowest BCUT2D eigenvalue weighted by Gasteiger charge is -2.29. The first-order chi connectivity index (χ1) is 8.69. The number of hydrogen-bond acceptors (Lipinski definition) is 2. The molecule has 2 nitrogen and oxygen atoms in total. The van der Waals surface area contributed by atoms with Gasteiger partial charge in [0.2, 0.25) is 0 Å². The van der Waals surface area contributed by atoms with Crippen molar-refractivity contribution < 1.29 is 9.47 Å². The van der Waals surface area contributed by atoms with Crippen molar-refractivity contribution in [3.63, 3.8) is 0 Å². The fraction of sp³-hybridized carbons (Fsp3) is 0.571. The summed E-state index contributed by atoms with van der Waals surface area (Å²) in [4.78, 5) is 0.542. The molecule has 1 aliphatic rings. The lowest BCUT2D eigenvalue weighted by atomic mass is 9.83. The largest absolute Gasteiger partial charge is 0.495 e. The van der Waals surface area contributed by atoms with Gasteiger partial charge >= 0.3 is 0 Å². The van der Waals surface area contributed by atoms with E-state index in [-0.39, 0.29) is 0 Å². The van der Waals surface area contributed by atoms with Gasteiger partial charge in [-0.25, -0.2) is 0 Å². The zero-order chi connectivity index (χ0) is 13.1. The Kier molecular flexibility index (Phi) is 4.96. The fourth-order valence-corrected chi connectivity index (χ4v) is 4.20. The lowest BCUT2D eigenvalue weighted by Crippen LogP contribution is -2.18. The first-order valence-electron chi connectivity index (χ1n) is 6.23. The van der Waals surface area contributed by atoms with Gasteiger partial charge in [0, 0.05) is 10.7 Å². The molecule has 0 heterocycles. The number of ether oxygens (including phenoxy) is 2. The van der Waals surface area contributed by atoms with Crippen molar-refractivity contribution in [3.8, 4) is 11.5 Å². The Labute approximate surface area is 125 Å². The molecule has 1 aromatic carbocycles. The molecule has 0 radical (unpaired) electrons. The number of alkyl halides is 1. The fourth-order valence-electron chi connectivity index (χ4n) is 2.65. The molecule has 0 spiro atoms. The van der Waals surface area contributed by atoms with Gasteiger partial charge in [0.15, 0.2) is 0 Å². The van der Waals surface area contributed by atoms with Gasteiger partial charge < -0.3 is 9.47 Å². The maximum Gasteiger partial charge on any atom is 0.140 e. The van der Waals surface area contributed by atoms with Crippen molar-refractivity contribution in [1.29, 1.82) is 0 Å². The minimum absolute atomic E-state index is 0.524. The summed E-state index contributed by atoms with van der Waals surface area (Å²) in [6.07, 6.45) is 5.05. The quantitative estimate of drug-likeness (QED) is 0.698. The monoisotopic (exact) mass is 376 g/mol. The van der Waals surface area contributed by atoms with E-state index in [2.05, 4.69) is 37.9 Å². The van der Waals surface area contributed by atoms with Gasteiger partial charge in [0.05, 0.1) is 14.2 Å². The summed E-state index contributed by atoms with van der Waals surface area (Å²) in [5, 5.41) is 0.